The predicted octanol–water partition coefficient (Wildman–Crippen LogP) is 1.34. The standard InChI is InChI=1S/C18H23N3O2.Y/c1-4-19-18(23)13-21-10-6-9-20(21)12-16(22)11-17-14(2)7-5-8-15(17)3;/h5-10H,4,11-13H2,1-3H3;/p+1. The van der Waals surface area contributed by atoms with Crippen LogP contribution in [0.2, 0.25) is 0 Å². The molecule has 0 saturated carbocycles. The molecule has 24 heavy (non-hydrogen) atoms. The van der Waals surface area contributed by atoms with E-state index in [0.717, 1.165) is 16.7 Å². The minimum Gasteiger partial charge on any atom is -0.355 e. The molecule has 0 aliphatic carbocycles. The quantitative estimate of drug-likeness (QED) is 0.710. The van der Waals surface area contributed by atoms with Gasteiger partial charge in [0.05, 0.1) is 6.20 Å². The number of benzene rings is 1. The molecular weight excluding hydrogens is 379 g/mol. The fraction of sp³-hybridized carbons (Fsp3) is 0.389. The van der Waals surface area contributed by atoms with Gasteiger partial charge in [0.15, 0.2) is 12.7 Å². The number of rotatable bonds is 7. The molecule has 1 amide bonds. The first kappa shape index (κ1) is 20.7. The Morgan fingerprint density at radius 1 is 1.17 bits per heavy atom. The van der Waals surface area contributed by atoms with Gasteiger partial charge in [-0.3, -0.25) is 9.59 Å². The van der Waals surface area contributed by atoms with E-state index in [1.165, 1.54) is 0 Å². The average Bonchev–Trinajstić information content (AvgIpc) is 2.90. The molecule has 1 N–H and O–H groups in total. The average molecular weight is 403 g/mol. The number of carbonyl (C=O) groups excluding carboxylic acids is 2. The van der Waals surface area contributed by atoms with Crippen LogP contribution in [0.4, 0.5) is 0 Å². The van der Waals surface area contributed by atoms with Crippen molar-refractivity contribution in [3.05, 3.63) is 53.3 Å². The molecule has 2 aromatic rings. The maximum Gasteiger partial charge on any atom is 0.245 e. The number of nitrogens with zero attached hydrogens (tertiary/aromatic N) is 2. The van der Waals surface area contributed by atoms with Crippen LogP contribution in [0.25, 0.3) is 0 Å². The first-order valence-electron chi connectivity index (χ1n) is 7.89. The van der Waals surface area contributed by atoms with Crippen LogP contribution in [0.3, 0.4) is 0 Å². The van der Waals surface area contributed by atoms with Gasteiger partial charge in [-0.2, -0.15) is 4.68 Å². The molecule has 1 radical (unpaired) electrons. The molecule has 0 aliphatic heterocycles. The molecule has 125 valence electrons. The Labute approximate surface area is 168 Å². The van der Waals surface area contributed by atoms with E-state index in [1.807, 2.05) is 57.4 Å². The van der Waals surface area contributed by atoms with Crippen molar-refractivity contribution >= 4 is 11.7 Å². The largest absolute Gasteiger partial charge is 0.355 e. The van der Waals surface area contributed by atoms with E-state index in [0.29, 0.717) is 13.0 Å². The number of ketones is 1. The van der Waals surface area contributed by atoms with Crippen LogP contribution in [-0.4, -0.2) is 22.9 Å². The number of hydrogen-bond acceptors (Lipinski definition) is 2. The Hall–Kier alpha value is -1.33. The molecule has 0 bridgehead atoms. The van der Waals surface area contributed by atoms with Crippen LogP contribution in [0.5, 0.6) is 0 Å². The summed E-state index contributed by atoms with van der Waals surface area (Å²) < 4.78 is 3.54. The first-order chi connectivity index (χ1) is 11.0. The molecule has 0 fully saturated rings. The van der Waals surface area contributed by atoms with Gasteiger partial charge in [0.2, 0.25) is 18.2 Å². The van der Waals surface area contributed by atoms with Crippen molar-refractivity contribution in [2.75, 3.05) is 6.54 Å². The first-order valence-corrected chi connectivity index (χ1v) is 7.89. The van der Waals surface area contributed by atoms with Gasteiger partial charge in [-0.05, 0) is 37.5 Å². The molecule has 5 nitrogen and oxygen atoms in total. The summed E-state index contributed by atoms with van der Waals surface area (Å²) in [5, 5.41) is 2.76. The third-order valence-corrected chi connectivity index (χ3v) is 3.88. The summed E-state index contributed by atoms with van der Waals surface area (Å²) in [7, 11) is 0. The molecule has 1 heterocycles. The van der Waals surface area contributed by atoms with E-state index >= 15 is 0 Å². The summed E-state index contributed by atoms with van der Waals surface area (Å²) in [4.78, 5) is 24.1. The number of likely N-dealkylation sites (N-methyl/N-ethyl adjacent to an activating group) is 1. The van der Waals surface area contributed by atoms with Crippen LogP contribution < -0.4 is 10.00 Å². The summed E-state index contributed by atoms with van der Waals surface area (Å²) in [5.41, 5.74) is 3.38. The summed E-state index contributed by atoms with van der Waals surface area (Å²) in [6.07, 6.45) is 4.04. The van der Waals surface area contributed by atoms with Crippen LogP contribution in [0.15, 0.2) is 36.7 Å². The number of hydrogen-bond donors (Lipinski definition) is 1. The number of aromatic nitrogens is 2. The zero-order valence-electron chi connectivity index (χ0n) is 14.6. The second-order valence-corrected chi connectivity index (χ2v) is 5.73. The molecule has 0 atom stereocenters. The molecule has 2 rings (SSSR count). The molecular formula is C18H24N3O2Y+. The van der Waals surface area contributed by atoms with Crippen molar-refractivity contribution in [2.24, 2.45) is 0 Å². The number of nitrogens with one attached hydrogen (secondary N) is 1. The number of aryl methyl sites for hydroxylation is 2. The van der Waals surface area contributed by atoms with Crippen molar-refractivity contribution in [1.29, 1.82) is 0 Å². The minimum absolute atomic E-state index is 0. The third kappa shape index (κ3) is 5.64. The number of carbonyl (C=O) groups is 2. The van der Waals surface area contributed by atoms with Gasteiger partial charge in [-0.15, -0.1) is 4.68 Å². The Balaban J connectivity index is 0.00000288. The zero-order chi connectivity index (χ0) is 16.8. The van der Waals surface area contributed by atoms with E-state index in [9.17, 15) is 9.59 Å². The topological polar surface area (TPSA) is 55.0 Å². The molecule has 0 aliphatic rings. The smallest absolute Gasteiger partial charge is 0.245 e. The molecule has 1 aromatic carbocycles. The van der Waals surface area contributed by atoms with Crippen LogP contribution >= 0.6 is 0 Å². The zero-order valence-corrected chi connectivity index (χ0v) is 17.4. The summed E-state index contributed by atoms with van der Waals surface area (Å²) in [6.45, 7) is 7.03. The van der Waals surface area contributed by atoms with Gasteiger partial charge in [0.25, 0.3) is 0 Å². The van der Waals surface area contributed by atoms with Gasteiger partial charge < -0.3 is 5.32 Å². The normalized spacial score (nSPS) is 10.1. The van der Waals surface area contributed by atoms with Crippen molar-refractivity contribution in [3.63, 3.8) is 0 Å². The van der Waals surface area contributed by atoms with Gasteiger partial charge in [-0.25, -0.2) is 0 Å². The van der Waals surface area contributed by atoms with Gasteiger partial charge >= 0.3 is 0 Å². The molecule has 0 spiro atoms. The van der Waals surface area contributed by atoms with Crippen molar-refractivity contribution < 1.29 is 47.0 Å². The fourth-order valence-electron chi connectivity index (χ4n) is 2.66. The molecule has 1 aromatic heterocycles. The predicted molar refractivity (Wildman–Crippen MR) is 87.9 cm³/mol. The number of Topliss-reactive ketones (excluding diaryl/α,β-unsaturated/α-hetero) is 1. The second kappa shape index (κ2) is 9.85. The maximum absolute atomic E-state index is 12.4. The monoisotopic (exact) mass is 403 g/mol. The van der Waals surface area contributed by atoms with E-state index in [2.05, 4.69) is 5.32 Å². The minimum atomic E-state index is -0.0559. The van der Waals surface area contributed by atoms with Crippen molar-refractivity contribution in [2.45, 2.75) is 40.3 Å². The van der Waals surface area contributed by atoms with Crippen LogP contribution in [0.1, 0.15) is 23.6 Å². The maximum atomic E-state index is 12.4. The second-order valence-electron chi connectivity index (χ2n) is 5.73. The Kier molecular flexibility index (Phi) is 8.50. The fourth-order valence-corrected chi connectivity index (χ4v) is 2.66. The Morgan fingerprint density at radius 2 is 1.83 bits per heavy atom. The van der Waals surface area contributed by atoms with Gasteiger partial charge in [0, 0.05) is 51.7 Å². The van der Waals surface area contributed by atoms with Crippen LogP contribution in [-0.2, 0) is 61.8 Å². The van der Waals surface area contributed by atoms with Crippen molar-refractivity contribution in [3.8, 4) is 0 Å². The molecule has 6 heteroatoms. The molecule has 0 saturated heterocycles. The van der Waals surface area contributed by atoms with E-state index in [-0.39, 0.29) is 57.5 Å². The van der Waals surface area contributed by atoms with Crippen LogP contribution in [0, 0.1) is 13.8 Å². The van der Waals surface area contributed by atoms with E-state index in [4.69, 9.17) is 0 Å². The molecule has 0 unspecified atom stereocenters. The summed E-state index contributed by atoms with van der Waals surface area (Å²) in [5.74, 6) is 0.0721. The van der Waals surface area contributed by atoms with Gasteiger partial charge in [-0.1, -0.05) is 18.2 Å². The Bertz CT molecular complexity index is 690. The Morgan fingerprint density at radius 3 is 2.46 bits per heavy atom. The van der Waals surface area contributed by atoms with E-state index < -0.39 is 0 Å². The third-order valence-electron chi connectivity index (χ3n) is 3.88. The summed E-state index contributed by atoms with van der Waals surface area (Å²) >= 11 is 0. The van der Waals surface area contributed by atoms with Crippen molar-refractivity contribution in [1.82, 2.24) is 10.00 Å². The SMILES string of the molecule is CCNC(=O)Cn1ccc[n+]1CC(=O)Cc1c(C)cccc1C.[Y]. The summed E-state index contributed by atoms with van der Waals surface area (Å²) in [6, 6.07) is 7.90. The van der Waals surface area contributed by atoms with E-state index in [1.54, 1.807) is 9.36 Å². The van der Waals surface area contributed by atoms with Gasteiger partial charge in [0.1, 0.15) is 0 Å². The number of amides is 1.